The van der Waals surface area contributed by atoms with Gasteiger partial charge in [-0.05, 0) is 49.1 Å². The number of urea groups is 1. The lowest BCUT2D eigenvalue weighted by Crippen LogP contribution is -2.40. The Bertz CT molecular complexity index is 700. The van der Waals surface area contributed by atoms with Crippen LogP contribution in [0, 0.1) is 0 Å². The van der Waals surface area contributed by atoms with Crippen LogP contribution in [0.3, 0.4) is 0 Å². The highest BCUT2D eigenvalue weighted by molar-refractivity contribution is 7.09. The Morgan fingerprint density at radius 1 is 1.25 bits per heavy atom. The van der Waals surface area contributed by atoms with Crippen molar-refractivity contribution >= 4 is 23.1 Å². The van der Waals surface area contributed by atoms with Gasteiger partial charge in [-0.2, -0.15) is 0 Å². The van der Waals surface area contributed by atoms with E-state index >= 15 is 0 Å². The molecule has 7 heteroatoms. The third kappa shape index (κ3) is 6.51. The molecule has 0 saturated carbocycles. The van der Waals surface area contributed by atoms with Crippen molar-refractivity contribution in [1.82, 2.24) is 9.80 Å². The zero-order chi connectivity index (χ0) is 19.6. The van der Waals surface area contributed by atoms with Gasteiger partial charge >= 0.3 is 6.03 Å². The van der Waals surface area contributed by atoms with E-state index in [1.54, 1.807) is 11.3 Å². The summed E-state index contributed by atoms with van der Waals surface area (Å²) in [7, 11) is 0. The summed E-state index contributed by atoms with van der Waals surface area (Å²) in [6.07, 6.45) is 0.947. The van der Waals surface area contributed by atoms with Crippen molar-refractivity contribution in [3.8, 4) is 5.75 Å². The van der Waals surface area contributed by atoms with Crippen molar-refractivity contribution in [3.05, 3.63) is 46.7 Å². The molecular weight excluding hydrogens is 374 g/mol. The van der Waals surface area contributed by atoms with Gasteiger partial charge in [0.15, 0.2) is 0 Å². The van der Waals surface area contributed by atoms with Crippen LogP contribution in [0.1, 0.15) is 18.2 Å². The summed E-state index contributed by atoms with van der Waals surface area (Å²) in [5.41, 5.74) is 0.776. The molecule has 0 spiro atoms. The van der Waals surface area contributed by atoms with E-state index in [9.17, 15) is 4.79 Å². The lowest BCUT2D eigenvalue weighted by atomic mass is 10.3. The lowest BCUT2D eigenvalue weighted by Gasteiger charge is -2.28. The largest absolute Gasteiger partial charge is 0.494 e. The summed E-state index contributed by atoms with van der Waals surface area (Å²) in [6, 6.07) is 11.5. The number of carbonyl (C=O) groups is 1. The van der Waals surface area contributed by atoms with E-state index < -0.39 is 0 Å². The van der Waals surface area contributed by atoms with Gasteiger partial charge in [-0.25, -0.2) is 4.79 Å². The van der Waals surface area contributed by atoms with Crippen molar-refractivity contribution < 1.29 is 14.3 Å². The number of hydrogen-bond acceptors (Lipinski definition) is 5. The highest BCUT2D eigenvalue weighted by Gasteiger charge is 2.16. The van der Waals surface area contributed by atoms with Gasteiger partial charge in [0.1, 0.15) is 5.75 Å². The second-order valence-electron chi connectivity index (χ2n) is 6.70. The predicted octanol–water partition coefficient (Wildman–Crippen LogP) is 3.90. The first-order valence-corrected chi connectivity index (χ1v) is 10.7. The molecule has 1 saturated heterocycles. The van der Waals surface area contributed by atoms with Gasteiger partial charge in [0.2, 0.25) is 0 Å². The number of nitrogens with zero attached hydrogens (tertiary/aromatic N) is 2. The first-order valence-electron chi connectivity index (χ1n) is 9.86. The number of amides is 2. The molecule has 2 heterocycles. The second-order valence-corrected chi connectivity index (χ2v) is 7.73. The molecule has 28 heavy (non-hydrogen) atoms. The molecule has 3 rings (SSSR count). The quantitative estimate of drug-likeness (QED) is 0.690. The molecule has 0 radical (unpaired) electrons. The molecule has 1 N–H and O–H groups in total. The second kappa shape index (κ2) is 11.0. The van der Waals surface area contributed by atoms with Gasteiger partial charge in [0, 0.05) is 36.7 Å². The summed E-state index contributed by atoms with van der Waals surface area (Å²) in [5, 5.41) is 5.06. The van der Waals surface area contributed by atoms with E-state index in [2.05, 4.69) is 16.3 Å². The molecule has 152 valence electrons. The fraction of sp³-hybridized carbons (Fsp3) is 0.476. The van der Waals surface area contributed by atoms with Crippen molar-refractivity contribution in [1.29, 1.82) is 0 Å². The standard InChI is InChI=1S/C21H29N3O3S/c1-2-27-19-8-6-18(7-9-19)22-21(25)24(17-20-5-3-16-28-20)11-4-10-23-12-14-26-15-13-23/h3,5-9,16H,2,4,10-15,17H2,1H3,(H,22,25). The number of ether oxygens (including phenoxy) is 2. The zero-order valence-corrected chi connectivity index (χ0v) is 17.2. The number of carbonyl (C=O) groups excluding carboxylic acids is 1. The first kappa shape index (κ1) is 20.6. The van der Waals surface area contributed by atoms with Crippen LogP contribution in [0.2, 0.25) is 0 Å². The summed E-state index contributed by atoms with van der Waals surface area (Å²) in [6.45, 7) is 8.47. The minimum atomic E-state index is -0.0699. The Balaban J connectivity index is 1.55. The molecule has 0 bridgehead atoms. The molecule has 0 unspecified atom stereocenters. The fourth-order valence-electron chi connectivity index (χ4n) is 3.16. The number of hydrogen-bond donors (Lipinski definition) is 1. The molecule has 1 aliphatic rings. The molecule has 1 fully saturated rings. The molecule has 1 aromatic heterocycles. The summed E-state index contributed by atoms with van der Waals surface area (Å²) >= 11 is 1.68. The Hall–Kier alpha value is -2.09. The van der Waals surface area contributed by atoms with Gasteiger partial charge in [-0.3, -0.25) is 4.90 Å². The molecule has 0 atom stereocenters. The number of anilines is 1. The number of rotatable bonds is 9. The van der Waals surface area contributed by atoms with Gasteiger partial charge in [0.25, 0.3) is 0 Å². The van der Waals surface area contributed by atoms with E-state index in [0.717, 1.165) is 57.3 Å². The van der Waals surface area contributed by atoms with Crippen molar-refractivity contribution in [3.63, 3.8) is 0 Å². The maximum Gasteiger partial charge on any atom is 0.322 e. The van der Waals surface area contributed by atoms with Gasteiger partial charge < -0.3 is 19.7 Å². The SMILES string of the molecule is CCOc1ccc(NC(=O)N(CCCN2CCOCC2)Cc2cccs2)cc1. The molecular formula is C21H29N3O3S. The third-order valence-electron chi connectivity index (χ3n) is 4.64. The van der Waals surface area contributed by atoms with Crippen molar-refractivity contribution in [2.45, 2.75) is 19.9 Å². The summed E-state index contributed by atoms with van der Waals surface area (Å²) in [4.78, 5) is 18.4. The van der Waals surface area contributed by atoms with E-state index in [0.29, 0.717) is 13.2 Å². The summed E-state index contributed by atoms with van der Waals surface area (Å²) < 4.78 is 10.9. The average Bonchev–Trinajstić information content (AvgIpc) is 3.23. The maximum absolute atomic E-state index is 12.9. The minimum Gasteiger partial charge on any atom is -0.494 e. The topological polar surface area (TPSA) is 54.0 Å². The average molecular weight is 404 g/mol. The van der Waals surface area contributed by atoms with E-state index in [4.69, 9.17) is 9.47 Å². The Labute approximate surface area is 171 Å². The zero-order valence-electron chi connectivity index (χ0n) is 16.4. The Morgan fingerprint density at radius 2 is 2.04 bits per heavy atom. The van der Waals surface area contributed by atoms with Gasteiger partial charge in [0.05, 0.1) is 26.4 Å². The van der Waals surface area contributed by atoms with Crippen LogP contribution in [-0.4, -0.2) is 61.8 Å². The third-order valence-corrected chi connectivity index (χ3v) is 5.50. The smallest absolute Gasteiger partial charge is 0.322 e. The van der Waals surface area contributed by atoms with Gasteiger partial charge in [-0.15, -0.1) is 11.3 Å². The Kier molecular flexibility index (Phi) is 8.14. The van der Waals surface area contributed by atoms with E-state index in [1.807, 2.05) is 47.5 Å². The minimum absolute atomic E-state index is 0.0699. The highest BCUT2D eigenvalue weighted by Crippen LogP contribution is 2.18. The monoisotopic (exact) mass is 403 g/mol. The number of benzene rings is 1. The van der Waals surface area contributed by atoms with Crippen LogP contribution in [0.5, 0.6) is 5.75 Å². The molecule has 1 aromatic carbocycles. The van der Waals surface area contributed by atoms with Crippen molar-refractivity contribution in [2.24, 2.45) is 0 Å². The first-order chi connectivity index (χ1) is 13.7. The molecule has 1 aliphatic heterocycles. The normalized spacial score (nSPS) is 14.6. The van der Waals surface area contributed by atoms with Gasteiger partial charge in [-0.1, -0.05) is 6.07 Å². The van der Waals surface area contributed by atoms with Crippen LogP contribution in [0.4, 0.5) is 10.5 Å². The van der Waals surface area contributed by atoms with Crippen LogP contribution in [0.25, 0.3) is 0 Å². The van der Waals surface area contributed by atoms with Crippen LogP contribution in [0.15, 0.2) is 41.8 Å². The molecule has 0 aliphatic carbocycles. The lowest BCUT2D eigenvalue weighted by molar-refractivity contribution is 0.0365. The van der Waals surface area contributed by atoms with Crippen LogP contribution >= 0.6 is 11.3 Å². The highest BCUT2D eigenvalue weighted by atomic mass is 32.1. The van der Waals surface area contributed by atoms with E-state index in [1.165, 1.54) is 4.88 Å². The predicted molar refractivity (Wildman–Crippen MR) is 113 cm³/mol. The van der Waals surface area contributed by atoms with Crippen molar-refractivity contribution in [2.75, 3.05) is 51.3 Å². The number of thiophene rings is 1. The molecule has 2 amide bonds. The summed E-state index contributed by atoms with van der Waals surface area (Å²) in [5.74, 6) is 0.807. The van der Waals surface area contributed by atoms with E-state index in [-0.39, 0.29) is 6.03 Å². The molecule has 6 nitrogen and oxygen atoms in total. The number of morpholine rings is 1. The number of nitrogens with one attached hydrogen (secondary N) is 1. The van der Waals surface area contributed by atoms with Crippen LogP contribution in [-0.2, 0) is 11.3 Å². The Morgan fingerprint density at radius 3 is 2.71 bits per heavy atom. The maximum atomic E-state index is 12.9. The fourth-order valence-corrected chi connectivity index (χ4v) is 3.88. The van der Waals surface area contributed by atoms with Crippen LogP contribution < -0.4 is 10.1 Å². The molecule has 2 aromatic rings.